The third-order valence-corrected chi connectivity index (χ3v) is 7.05. The second-order valence-electron chi connectivity index (χ2n) is 7.69. The van der Waals surface area contributed by atoms with Crippen LogP contribution in [0.4, 0.5) is 0 Å². The average molecular weight is 427 g/mol. The Morgan fingerprint density at radius 3 is 2.79 bits per heavy atom. The highest BCUT2D eigenvalue weighted by Crippen LogP contribution is 2.53. The van der Waals surface area contributed by atoms with Gasteiger partial charge in [0, 0.05) is 16.6 Å². The number of nitrogens with zero attached hydrogens (tertiary/aromatic N) is 3. The van der Waals surface area contributed by atoms with Crippen molar-refractivity contribution in [3.63, 3.8) is 0 Å². The molecule has 0 spiro atoms. The highest BCUT2D eigenvalue weighted by molar-refractivity contribution is 7.97. The number of rotatable bonds is 6. The minimum absolute atomic E-state index is 0.0868. The van der Waals surface area contributed by atoms with Gasteiger partial charge in [-0.3, -0.25) is 4.72 Å². The van der Waals surface area contributed by atoms with Crippen molar-refractivity contribution in [3.8, 4) is 0 Å². The lowest BCUT2D eigenvalue weighted by atomic mass is 9.58. The van der Waals surface area contributed by atoms with E-state index in [9.17, 15) is 0 Å². The summed E-state index contributed by atoms with van der Waals surface area (Å²) in [6.07, 6.45) is 10.0. The SMILES string of the molecule is Clc1ccc(C2(C3NCCc4cnc(CNSc5cnc[nH]5)nc43)CCC2)cc1. The molecule has 1 aliphatic heterocycles. The van der Waals surface area contributed by atoms with E-state index in [2.05, 4.69) is 37.1 Å². The van der Waals surface area contributed by atoms with Gasteiger partial charge in [0.15, 0.2) is 0 Å². The molecular formula is C21H23ClN6S. The lowest BCUT2D eigenvalue weighted by Gasteiger charge is -2.50. The minimum Gasteiger partial charge on any atom is -0.339 e. The Bertz CT molecular complexity index is 971. The zero-order chi connectivity index (χ0) is 19.7. The first-order chi connectivity index (χ1) is 14.2. The van der Waals surface area contributed by atoms with Crippen LogP contribution in [0.5, 0.6) is 0 Å². The number of imidazole rings is 1. The molecule has 2 aromatic heterocycles. The molecule has 1 unspecified atom stereocenters. The number of fused-ring (bicyclic) bond motifs is 1. The lowest BCUT2D eigenvalue weighted by Crippen LogP contribution is -2.49. The van der Waals surface area contributed by atoms with Crippen LogP contribution in [0, 0.1) is 0 Å². The summed E-state index contributed by atoms with van der Waals surface area (Å²) in [4.78, 5) is 16.7. The predicted octanol–water partition coefficient (Wildman–Crippen LogP) is 3.96. The van der Waals surface area contributed by atoms with E-state index in [4.69, 9.17) is 16.6 Å². The second-order valence-corrected chi connectivity index (χ2v) is 9.06. The van der Waals surface area contributed by atoms with Crippen molar-refractivity contribution in [3.05, 3.63) is 70.7 Å². The Morgan fingerprint density at radius 1 is 1.21 bits per heavy atom. The highest BCUT2D eigenvalue weighted by Gasteiger charge is 2.48. The quantitative estimate of drug-likeness (QED) is 0.518. The summed E-state index contributed by atoms with van der Waals surface area (Å²) in [7, 11) is 0. The van der Waals surface area contributed by atoms with Crippen molar-refractivity contribution in [2.45, 2.75) is 48.7 Å². The maximum Gasteiger partial charge on any atom is 0.143 e. The fourth-order valence-electron chi connectivity index (χ4n) is 4.45. The maximum atomic E-state index is 6.14. The molecule has 1 aliphatic carbocycles. The zero-order valence-electron chi connectivity index (χ0n) is 16.0. The van der Waals surface area contributed by atoms with E-state index in [0.717, 1.165) is 34.5 Å². The van der Waals surface area contributed by atoms with Crippen LogP contribution < -0.4 is 10.0 Å². The monoisotopic (exact) mass is 426 g/mol. The first-order valence-electron chi connectivity index (χ1n) is 9.97. The third-order valence-electron chi connectivity index (χ3n) is 6.07. The van der Waals surface area contributed by atoms with E-state index in [1.165, 1.54) is 42.3 Å². The Kier molecular flexibility index (Phi) is 5.30. The first-order valence-corrected chi connectivity index (χ1v) is 11.2. The van der Waals surface area contributed by atoms with Crippen LogP contribution in [0.3, 0.4) is 0 Å². The Balaban J connectivity index is 1.40. The summed E-state index contributed by atoms with van der Waals surface area (Å²) in [5.74, 6) is 0.815. The van der Waals surface area contributed by atoms with Crippen LogP contribution in [0.2, 0.25) is 5.02 Å². The number of hydrogen-bond acceptors (Lipinski definition) is 6. The molecule has 3 heterocycles. The molecular weight excluding hydrogens is 404 g/mol. The summed E-state index contributed by atoms with van der Waals surface area (Å²) in [6, 6.07) is 8.58. The molecule has 1 fully saturated rings. The maximum absolute atomic E-state index is 6.14. The number of aromatic amines is 1. The van der Waals surface area contributed by atoms with Crippen LogP contribution in [0.1, 0.15) is 47.9 Å². The summed E-state index contributed by atoms with van der Waals surface area (Å²) in [5.41, 5.74) is 3.86. The molecule has 3 aromatic rings. The van der Waals surface area contributed by atoms with Gasteiger partial charge in [0.1, 0.15) is 10.9 Å². The topological polar surface area (TPSA) is 78.5 Å². The van der Waals surface area contributed by atoms with E-state index in [-0.39, 0.29) is 11.5 Å². The number of H-pyrrole nitrogens is 1. The standard InChI is InChI=1S/C21H23ClN6S/c22-16-4-2-15(3-5-16)21(7-1-8-21)20-19-14(6-9-24-20)10-25-17(28-19)11-27-29-18-12-23-13-26-18/h2-5,10,12-13,20,24,27H,1,6-9,11H2,(H,23,26). The summed E-state index contributed by atoms with van der Waals surface area (Å²) >= 11 is 7.65. The van der Waals surface area contributed by atoms with Crippen molar-refractivity contribution in [1.29, 1.82) is 0 Å². The van der Waals surface area contributed by atoms with Crippen molar-refractivity contribution in [2.75, 3.05) is 6.54 Å². The van der Waals surface area contributed by atoms with Gasteiger partial charge in [-0.1, -0.05) is 30.2 Å². The predicted molar refractivity (Wildman–Crippen MR) is 115 cm³/mol. The van der Waals surface area contributed by atoms with Crippen molar-refractivity contribution in [2.24, 2.45) is 0 Å². The van der Waals surface area contributed by atoms with Crippen molar-refractivity contribution in [1.82, 2.24) is 30.0 Å². The summed E-state index contributed by atoms with van der Waals surface area (Å²) in [5, 5.41) is 5.53. The van der Waals surface area contributed by atoms with Gasteiger partial charge in [-0.25, -0.2) is 15.0 Å². The fraction of sp³-hybridized carbons (Fsp3) is 0.381. The Hall–Kier alpha value is -1.93. The second kappa shape index (κ2) is 8.07. The summed E-state index contributed by atoms with van der Waals surface area (Å²) < 4.78 is 3.32. The van der Waals surface area contributed by atoms with Crippen LogP contribution in [-0.2, 0) is 18.4 Å². The number of aromatic nitrogens is 4. The molecule has 0 amide bonds. The number of halogens is 1. The molecule has 1 saturated carbocycles. The van der Waals surface area contributed by atoms with Gasteiger partial charge in [-0.05, 0) is 61.0 Å². The molecule has 1 aromatic carbocycles. The normalized spacial score (nSPS) is 20.1. The smallest absolute Gasteiger partial charge is 0.143 e. The van der Waals surface area contributed by atoms with Gasteiger partial charge in [0.05, 0.1) is 30.8 Å². The molecule has 2 aliphatic rings. The summed E-state index contributed by atoms with van der Waals surface area (Å²) in [6.45, 7) is 1.56. The van der Waals surface area contributed by atoms with Gasteiger partial charge in [-0.15, -0.1) is 0 Å². The number of hydrogen-bond donors (Lipinski definition) is 3. The van der Waals surface area contributed by atoms with Gasteiger partial charge in [0.2, 0.25) is 0 Å². The van der Waals surface area contributed by atoms with E-state index in [1.54, 1.807) is 12.5 Å². The molecule has 150 valence electrons. The van der Waals surface area contributed by atoms with Crippen molar-refractivity contribution < 1.29 is 0 Å². The van der Waals surface area contributed by atoms with E-state index >= 15 is 0 Å². The minimum atomic E-state index is 0.0868. The first kappa shape index (κ1) is 19.1. The largest absolute Gasteiger partial charge is 0.339 e. The molecule has 1 atom stereocenters. The number of benzene rings is 1. The molecule has 29 heavy (non-hydrogen) atoms. The fourth-order valence-corrected chi connectivity index (χ4v) is 5.16. The average Bonchev–Trinajstić information content (AvgIpc) is 3.22. The van der Waals surface area contributed by atoms with Gasteiger partial charge in [-0.2, -0.15) is 0 Å². The molecule has 3 N–H and O–H groups in total. The van der Waals surface area contributed by atoms with E-state index in [1.807, 2.05) is 18.3 Å². The van der Waals surface area contributed by atoms with E-state index < -0.39 is 0 Å². The number of nitrogens with one attached hydrogen (secondary N) is 3. The molecule has 6 nitrogen and oxygen atoms in total. The Labute approximate surface area is 179 Å². The van der Waals surface area contributed by atoms with Gasteiger partial charge < -0.3 is 10.3 Å². The molecule has 5 rings (SSSR count). The zero-order valence-corrected chi connectivity index (χ0v) is 17.6. The highest BCUT2D eigenvalue weighted by atomic mass is 35.5. The van der Waals surface area contributed by atoms with Crippen LogP contribution in [-0.4, -0.2) is 26.5 Å². The molecule has 0 saturated heterocycles. The van der Waals surface area contributed by atoms with Crippen LogP contribution >= 0.6 is 23.5 Å². The van der Waals surface area contributed by atoms with E-state index in [0.29, 0.717) is 6.54 Å². The molecule has 0 radical (unpaired) electrons. The Morgan fingerprint density at radius 2 is 2.07 bits per heavy atom. The van der Waals surface area contributed by atoms with Crippen LogP contribution in [0.15, 0.2) is 48.0 Å². The molecule has 0 bridgehead atoms. The molecule has 8 heteroatoms. The lowest BCUT2D eigenvalue weighted by molar-refractivity contribution is 0.161. The van der Waals surface area contributed by atoms with Crippen molar-refractivity contribution >= 4 is 23.5 Å². The van der Waals surface area contributed by atoms with Crippen LogP contribution in [0.25, 0.3) is 0 Å². The van der Waals surface area contributed by atoms with Gasteiger partial charge in [0.25, 0.3) is 0 Å². The van der Waals surface area contributed by atoms with Gasteiger partial charge >= 0.3 is 0 Å². The third kappa shape index (κ3) is 3.68.